The van der Waals surface area contributed by atoms with Crippen molar-refractivity contribution in [2.24, 2.45) is 0 Å². The van der Waals surface area contributed by atoms with Crippen molar-refractivity contribution in [1.29, 1.82) is 0 Å². The minimum absolute atomic E-state index is 0.146. The summed E-state index contributed by atoms with van der Waals surface area (Å²) in [4.78, 5) is 52.4. The topological polar surface area (TPSA) is 114 Å². The second kappa shape index (κ2) is 7.70. The molecular formula is C21H18N4O5. The van der Waals surface area contributed by atoms with E-state index in [4.69, 9.17) is 4.74 Å². The fraction of sp³-hybridized carbons (Fsp3) is 0.143. The number of H-pyrrole nitrogens is 1. The van der Waals surface area contributed by atoms with Crippen molar-refractivity contribution in [3.05, 3.63) is 76.5 Å². The van der Waals surface area contributed by atoms with Gasteiger partial charge >= 0.3 is 11.7 Å². The number of rotatable bonds is 4. The highest BCUT2D eigenvalue weighted by atomic mass is 16.5. The van der Waals surface area contributed by atoms with Gasteiger partial charge in [0, 0.05) is 11.9 Å². The molecule has 2 heterocycles. The van der Waals surface area contributed by atoms with Gasteiger partial charge in [0.15, 0.2) is 6.61 Å². The summed E-state index contributed by atoms with van der Waals surface area (Å²) in [7, 11) is 0. The number of imidazole rings is 1. The Morgan fingerprint density at radius 1 is 1.07 bits per heavy atom. The van der Waals surface area contributed by atoms with Crippen molar-refractivity contribution in [3.8, 4) is 5.69 Å². The number of hydrogen-bond acceptors (Lipinski definition) is 5. The van der Waals surface area contributed by atoms with Gasteiger partial charge in [0.2, 0.25) is 5.91 Å². The molecule has 0 spiro atoms. The molecule has 0 saturated heterocycles. The van der Waals surface area contributed by atoms with Crippen LogP contribution in [0.1, 0.15) is 16.1 Å². The number of carbonyl (C=O) groups is 3. The summed E-state index contributed by atoms with van der Waals surface area (Å²) < 4.78 is 6.60. The van der Waals surface area contributed by atoms with Gasteiger partial charge in [0.25, 0.3) is 5.91 Å². The van der Waals surface area contributed by atoms with E-state index < -0.39 is 18.5 Å². The second-order valence-corrected chi connectivity index (χ2v) is 6.74. The first-order chi connectivity index (χ1) is 14.4. The van der Waals surface area contributed by atoms with Crippen molar-refractivity contribution >= 4 is 29.2 Å². The van der Waals surface area contributed by atoms with Crippen LogP contribution in [0, 0.1) is 6.92 Å². The number of fused-ring (bicyclic) bond motifs is 1. The monoisotopic (exact) mass is 406 g/mol. The third-order valence-electron chi connectivity index (χ3n) is 4.72. The average Bonchev–Trinajstić information content (AvgIpc) is 3.09. The van der Waals surface area contributed by atoms with Crippen LogP contribution >= 0.6 is 0 Å². The number of anilines is 2. The SMILES string of the molecule is Cc1c[nH]c(=O)n1-c1ccc(C(=O)OCC(=O)N2CC(=O)Nc3ccccc32)cc1. The van der Waals surface area contributed by atoms with Gasteiger partial charge in [-0.1, -0.05) is 12.1 Å². The van der Waals surface area contributed by atoms with Crippen molar-refractivity contribution in [2.75, 3.05) is 23.4 Å². The molecule has 2 aromatic carbocycles. The molecule has 0 atom stereocenters. The van der Waals surface area contributed by atoms with E-state index in [2.05, 4.69) is 10.3 Å². The van der Waals surface area contributed by atoms with Crippen LogP contribution in [0.25, 0.3) is 5.69 Å². The smallest absolute Gasteiger partial charge is 0.338 e. The Bertz CT molecular complexity index is 1190. The predicted octanol–water partition coefficient (Wildman–Crippen LogP) is 1.62. The Morgan fingerprint density at radius 2 is 1.80 bits per heavy atom. The van der Waals surface area contributed by atoms with Crippen LogP contribution in [-0.2, 0) is 14.3 Å². The van der Waals surface area contributed by atoms with Crippen molar-refractivity contribution in [2.45, 2.75) is 6.92 Å². The highest BCUT2D eigenvalue weighted by Crippen LogP contribution is 2.28. The number of amides is 2. The molecular weight excluding hydrogens is 388 g/mol. The van der Waals surface area contributed by atoms with Gasteiger partial charge in [-0.25, -0.2) is 9.59 Å². The Balaban J connectivity index is 1.43. The quantitative estimate of drug-likeness (QED) is 0.639. The number of aryl methyl sites for hydroxylation is 1. The van der Waals surface area contributed by atoms with Gasteiger partial charge < -0.3 is 15.0 Å². The number of hydrogen-bond donors (Lipinski definition) is 2. The second-order valence-electron chi connectivity index (χ2n) is 6.74. The molecule has 2 amide bonds. The number of aromatic nitrogens is 2. The molecule has 0 fully saturated rings. The Hall–Kier alpha value is -4.14. The maximum absolute atomic E-state index is 12.6. The number of nitrogens with zero attached hydrogens (tertiary/aromatic N) is 2. The lowest BCUT2D eigenvalue weighted by atomic mass is 10.2. The highest BCUT2D eigenvalue weighted by molar-refractivity contribution is 6.10. The number of carbonyl (C=O) groups excluding carboxylic acids is 3. The largest absolute Gasteiger partial charge is 0.452 e. The van der Waals surface area contributed by atoms with Crippen LogP contribution < -0.4 is 15.9 Å². The first kappa shape index (κ1) is 19.2. The lowest BCUT2D eigenvalue weighted by molar-refractivity contribution is -0.124. The van der Waals surface area contributed by atoms with Crippen LogP contribution in [0.3, 0.4) is 0 Å². The number of nitrogens with one attached hydrogen (secondary N) is 2. The number of para-hydroxylation sites is 2. The summed E-state index contributed by atoms with van der Waals surface area (Å²) in [5.41, 5.74) is 2.37. The molecule has 0 radical (unpaired) electrons. The zero-order chi connectivity index (χ0) is 21.3. The number of ether oxygens (including phenoxy) is 1. The standard InChI is InChI=1S/C21H18N4O5/c1-13-10-22-21(29)25(13)15-8-6-14(7-9-15)20(28)30-12-19(27)24-11-18(26)23-16-4-2-3-5-17(16)24/h2-10H,11-12H2,1H3,(H,22,29)(H,23,26). The first-order valence-corrected chi connectivity index (χ1v) is 9.18. The van der Waals surface area contributed by atoms with E-state index in [0.29, 0.717) is 17.1 Å². The third kappa shape index (κ3) is 3.60. The minimum atomic E-state index is -0.678. The van der Waals surface area contributed by atoms with Gasteiger partial charge in [0.1, 0.15) is 6.54 Å². The molecule has 1 aromatic heterocycles. The average molecular weight is 406 g/mol. The van der Waals surface area contributed by atoms with E-state index in [-0.39, 0.29) is 23.7 Å². The summed E-state index contributed by atoms with van der Waals surface area (Å²) >= 11 is 0. The van der Waals surface area contributed by atoms with Gasteiger partial charge in [-0.15, -0.1) is 0 Å². The Labute approximate surface area is 170 Å². The van der Waals surface area contributed by atoms with Crippen LogP contribution in [0.2, 0.25) is 0 Å². The fourth-order valence-corrected chi connectivity index (χ4v) is 3.27. The molecule has 0 saturated carbocycles. The van der Waals surface area contributed by atoms with Crippen LogP contribution in [0.4, 0.5) is 11.4 Å². The van der Waals surface area contributed by atoms with Crippen LogP contribution in [0.15, 0.2) is 59.5 Å². The van der Waals surface area contributed by atoms with Gasteiger partial charge in [-0.3, -0.25) is 19.1 Å². The molecule has 4 rings (SSSR count). The number of benzene rings is 2. The summed E-state index contributed by atoms with van der Waals surface area (Å²) in [5.74, 6) is -1.50. The molecule has 2 N–H and O–H groups in total. The van der Waals surface area contributed by atoms with Gasteiger partial charge in [-0.2, -0.15) is 0 Å². The lowest BCUT2D eigenvalue weighted by Crippen LogP contribution is -2.44. The molecule has 3 aromatic rings. The molecule has 0 bridgehead atoms. The molecule has 152 valence electrons. The predicted molar refractivity (Wildman–Crippen MR) is 109 cm³/mol. The summed E-state index contributed by atoms with van der Waals surface area (Å²) in [6.07, 6.45) is 1.59. The fourth-order valence-electron chi connectivity index (χ4n) is 3.27. The summed E-state index contributed by atoms with van der Waals surface area (Å²) in [5, 5.41) is 2.69. The van der Waals surface area contributed by atoms with E-state index in [1.165, 1.54) is 21.6 Å². The Morgan fingerprint density at radius 3 is 2.50 bits per heavy atom. The minimum Gasteiger partial charge on any atom is -0.452 e. The highest BCUT2D eigenvalue weighted by Gasteiger charge is 2.27. The molecule has 0 aliphatic carbocycles. The molecule has 0 unspecified atom stereocenters. The maximum atomic E-state index is 12.6. The zero-order valence-corrected chi connectivity index (χ0v) is 16.0. The zero-order valence-electron chi connectivity index (χ0n) is 16.0. The number of esters is 1. The molecule has 1 aliphatic rings. The molecule has 1 aliphatic heterocycles. The van der Waals surface area contributed by atoms with Crippen molar-refractivity contribution < 1.29 is 19.1 Å². The first-order valence-electron chi connectivity index (χ1n) is 9.18. The Kier molecular flexibility index (Phi) is 4.93. The van der Waals surface area contributed by atoms with E-state index in [1.807, 2.05) is 0 Å². The van der Waals surface area contributed by atoms with Crippen LogP contribution in [-0.4, -0.2) is 40.5 Å². The molecule has 9 heteroatoms. The van der Waals surface area contributed by atoms with Gasteiger partial charge in [0.05, 0.1) is 22.6 Å². The van der Waals surface area contributed by atoms with E-state index in [1.54, 1.807) is 49.5 Å². The van der Waals surface area contributed by atoms with E-state index in [0.717, 1.165) is 5.69 Å². The van der Waals surface area contributed by atoms with E-state index >= 15 is 0 Å². The summed E-state index contributed by atoms with van der Waals surface area (Å²) in [6.45, 7) is 1.14. The summed E-state index contributed by atoms with van der Waals surface area (Å²) in [6, 6.07) is 13.2. The van der Waals surface area contributed by atoms with Crippen molar-refractivity contribution in [3.63, 3.8) is 0 Å². The normalized spacial score (nSPS) is 12.8. The van der Waals surface area contributed by atoms with E-state index in [9.17, 15) is 19.2 Å². The third-order valence-corrected chi connectivity index (χ3v) is 4.72. The maximum Gasteiger partial charge on any atom is 0.338 e. The number of aromatic amines is 1. The molecule has 9 nitrogen and oxygen atoms in total. The van der Waals surface area contributed by atoms with Crippen molar-refractivity contribution in [1.82, 2.24) is 9.55 Å². The lowest BCUT2D eigenvalue weighted by Gasteiger charge is -2.28. The van der Waals surface area contributed by atoms with Crippen LogP contribution in [0.5, 0.6) is 0 Å². The molecule has 30 heavy (non-hydrogen) atoms. The van der Waals surface area contributed by atoms with Gasteiger partial charge in [-0.05, 0) is 43.3 Å².